The van der Waals surface area contributed by atoms with Crippen LogP contribution in [-0.4, -0.2) is 4.57 Å². The molecule has 1 atom stereocenters. The molecule has 3 heteroatoms. The van der Waals surface area contributed by atoms with E-state index in [4.69, 9.17) is 11.6 Å². The topological polar surface area (TPSA) is 17.0 Å². The monoisotopic (exact) mass is 248 g/mol. The number of nitrogens with zero attached hydrogens (tertiary/aromatic N) is 1. The van der Waals surface area contributed by atoms with Crippen LogP contribution in [0.3, 0.4) is 0 Å². The fourth-order valence-corrected chi connectivity index (χ4v) is 2.03. The Morgan fingerprint density at radius 1 is 1.35 bits per heavy atom. The Kier molecular flexibility index (Phi) is 3.87. The Morgan fingerprint density at radius 3 is 2.82 bits per heavy atom. The van der Waals surface area contributed by atoms with Gasteiger partial charge in [-0.25, -0.2) is 0 Å². The zero-order chi connectivity index (χ0) is 12.3. The van der Waals surface area contributed by atoms with Gasteiger partial charge in [0, 0.05) is 37.1 Å². The molecule has 2 aromatic rings. The largest absolute Gasteiger partial charge is 0.357 e. The minimum atomic E-state index is 0.300. The van der Waals surface area contributed by atoms with E-state index in [1.165, 1.54) is 11.1 Å². The summed E-state index contributed by atoms with van der Waals surface area (Å²) in [5.74, 6) is 0. The molecule has 1 aromatic heterocycles. The van der Waals surface area contributed by atoms with Crippen LogP contribution in [-0.2, 0) is 13.6 Å². The van der Waals surface area contributed by atoms with Gasteiger partial charge >= 0.3 is 0 Å². The predicted molar refractivity (Wildman–Crippen MR) is 72.1 cm³/mol. The van der Waals surface area contributed by atoms with E-state index in [0.717, 1.165) is 11.6 Å². The van der Waals surface area contributed by atoms with Gasteiger partial charge in [0.15, 0.2) is 0 Å². The highest BCUT2D eigenvalue weighted by Crippen LogP contribution is 2.17. The third kappa shape index (κ3) is 3.35. The van der Waals surface area contributed by atoms with Crippen molar-refractivity contribution in [3.8, 4) is 0 Å². The Hall–Kier alpha value is -1.25. The zero-order valence-electron chi connectivity index (χ0n) is 10.2. The lowest BCUT2D eigenvalue weighted by molar-refractivity contribution is 0.574. The van der Waals surface area contributed by atoms with Gasteiger partial charge in [-0.1, -0.05) is 23.7 Å². The smallest absolute Gasteiger partial charge is 0.0409 e. The average molecular weight is 249 g/mol. The van der Waals surface area contributed by atoms with Crippen LogP contribution in [0.4, 0.5) is 0 Å². The van der Waals surface area contributed by atoms with Crippen molar-refractivity contribution in [2.75, 3.05) is 0 Å². The second-order valence-corrected chi connectivity index (χ2v) is 4.78. The van der Waals surface area contributed by atoms with Crippen molar-refractivity contribution < 1.29 is 0 Å². The van der Waals surface area contributed by atoms with Crippen LogP contribution >= 0.6 is 11.6 Å². The molecule has 2 nitrogen and oxygen atoms in total. The molecule has 2 rings (SSSR count). The predicted octanol–water partition coefficient (Wildman–Crippen LogP) is 3.53. The lowest BCUT2D eigenvalue weighted by Gasteiger charge is -2.13. The van der Waals surface area contributed by atoms with Gasteiger partial charge in [0.05, 0.1) is 0 Å². The Bertz CT molecular complexity index is 490. The Balaban J connectivity index is 1.95. The molecule has 0 fully saturated rings. The minimum absolute atomic E-state index is 0.300. The molecule has 0 unspecified atom stereocenters. The summed E-state index contributed by atoms with van der Waals surface area (Å²) >= 11 is 5.98. The van der Waals surface area contributed by atoms with Gasteiger partial charge < -0.3 is 9.88 Å². The summed E-state index contributed by atoms with van der Waals surface area (Å²) in [5.41, 5.74) is 2.51. The van der Waals surface area contributed by atoms with Gasteiger partial charge in [0.1, 0.15) is 0 Å². The molecule has 1 heterocycles. The van der Waals surface area contributed by atoms with Crippen LogP contribution in [0, 0.1) is 0 Å². The highest BCUT2D eigenvalue weighted by Gasteiger charge is 2.05. The standard InChI is InChI=1S/C14H17ClN2/c1-11(13-4-3-5-14(15)8-13)16-9-12-6-7-17(2)10-12/h3-8,10-11,16H,9H2,1-2H3/t11-/m0/s1. The molecule has 0 amide bonds. The van der Waals surface area contributed by atoms with Crippen LogP contribution in [0.5, 0.6) is 0 Å². The van der Waals surface area contributed by atoms with E-state index in [2.05, 4.69) is 41.3 Å². The highest BCUT2D eigenvalue weighted by molar-refractivity contribution is 6.30. The van der Waals surface area contributed by atoms with Crippen LogP contribution in [0.25, 0.3) is 0 Å². The van der Waals surface area contributed by atoms with E-state index >= 15 is 0 Å². The van der Waals surface area contributed by atoms with Gasteiger partial charge in [0.2, 0.25) is 0 Å². The first-order valence-corrected chi connectivity index (χ1v) is 6.12. The number of nitrogens with one attached hydrogen (secondary N) is 1. The number of benzene rings is 1. The summed E-state index contributed by atoms with van der Waals surface area (Å²) in [6.07, 6.45) is 4.18. The second-order valence-electron chi connectivity index (χ2n) is 4.34. The molecule has 0 saturated heterocycles. The molecule has 0 saturated carbocycles. The lowest BCUT2D eigenvalue weighted by atomic mass is 10.1. The van der Waals surface area contributed by atoms with E-state index in [0.29, 0.717) is 6.04 Å². The lowest BCUT2D eigenvalue weighted by Crippen LogP contribution is -2.17. The molecule has 0 spiro atoms. The third-order valence-electron chi connectivity index (χ3n) is 2.85. The first kappa shape index (κ1) is 12.2. The molecule has 90 valence electrons. The molecule has 0 aliphatic carbocycles. The molecular formula is C14H17ClN2. The summed E-state index contributed by atoms with van der Waals surface area (Å²) in [6, 6.07) is 10.4. The molecule has 0 aliphatic rings. The quantitative estimate of drug-likeness (QED) is 0.876. The van der Waals surface area contributed by atoms with E-state index in [9.17, 15) is 0 Å². The number of aromatic nitrogens is 1. The van der Waals surface area contributed by atoms with Gasteiger partial charge in [0.25, 0.3) is 0 Å². The number of aryl methyl sites for hydroxylation is 1. The summed E-state index contributed by atoms with van der Waals surface area (Å²) in [5, 5.41) is 4.27. The van der Waals surface area contributed by atoms with Gasteiger partial charge in [-0.3, -0.25) is 0 Å². The zero-order valence-corrected chi connectivity index (χ0v) is 10.9. The second kappa shape index (κ2) is 5.39. The fourth-order valence-electron chi connectivity index (χ4n) is 1.83. The van der Waals surface area contributed by atoms with E-state index in [1.54, 1.807) is 0 Å². The van der Waals surface area contributed by atoms with Crippen molar-refractivity contribution in [2.45, 2.75) is 19.5 Å². The van der Waals surface area contributed by atoms with Crippen molar-refractivity contribution in [3.63, 3.8) is 0 Å². The average Bonchev–Trinajstić information content (AvgIpc) is 2.72. The van der Waals surface area contributed by atoms with Crippen molar-refractivity contribution in [3.05, 3.63) is 58.9 Å². The summed E-state index contributed by atoms with van der Waals surface area (Å²) < 4.78 is 2.06. The molecule has 0 bridgehead atoms. The van der Waals surface area contributed by atoms with Crippen LogP contribution in [0.1, 0.15) is 24.1 Å². The summed E-state index contributed by atoms with van der Waals surface area (Å²) in [6.45, 7) is 3.02. The van der Waals surface area contributed by atoms with Crippen molar-refractivity contribution in [1.82, 2.24) is 9.88 Å². The molecule has 1 N–H and O–H groups in total. The third-order valence-corrected chi connectivity index (χ3v) is 3.09. The Morgan fingerprint density at radius 2 is 2.18 bits per heavy atom. The Labute approximate surface area is 107 Å². The van der Waals surface area contributed by atoms with Gasteiger partial charge in [-0.15, -0.1) is 0 Å². The normalized spacial score (nSPS) is 12.6. The fraction of sp³-hybridized carbons (Fsp3) is 0.286. The van der Waals surface area contributed by atoms with Gasteiger partial charge in [-0.05, 0) is 36.2 Å². The SMILES string of the molecule is C[C@H](NCc1ccn(C)c1)c1cccc(Cl)c1. The van der Waals surface area contributed by atoms with Crippen LogP contribution < -0.4 is 5.32 Å². The molecule has 0 radical (unpaired) electrons. The maximum Gasteiger partial charge on any atom is 0.0409 e. The number of halogens is 1. The summed E-state index contributed by atoms with van der Waals surface area (Å²) in [7, 11) is 2.03. The van der Waals surface area contributed by atoms with Crippen molar-refractivity contribution >= 4 is 11.6 Å². The number of hydrogen-bond donors (Lipinski definition) is 1. The van der Waals surface area contributed by atoms with Crippen molar-refractivity contribution in [1.29, 1.82) is 0 Å². The number of rotatable bonds is 4. The number of hydrogen-bond acceptors (Lipinski definition) is 1. The molecular weight excluding hydrogens is 232 g/mol. The van der Waals surface area contributed by atoms with Gasteiger partial charge in [-0.2, -0.15) is 0 Å². The van der Waals surface area contributed by atoms with E-state index in [1.807, 2.05) is 25.2 Å². The summed E-state index contributed by atoms with van der Waals surface area (Å²) in [4.78, 5) is 0. The maximum absolute atomic E-state index is 5.98. The minimum Gasteiger partial charge on any atom is -0.357 e. The first-order valence-electron chi connectivity index (χ1n) is 5.75. The molecule has 0 aliphatic heterocycles. The van der Waals surface area contributed by atoms with Crippen molar-refractivity contribution in [2.24, 2.45) is 7.05 Å². The van der Waals surface area contributed by atoms with E-state index < -0.39 is 0 Å². The molecule has 17 heavy (non-hydrogen) atoms. The highest BCUT2D eigenvalue weighted by atomic mass is 35.5. The van der Waals surface area contributed by atoms with Crippen LogP contribution in [0.15, 0.2) is 42.7 Å². The molecule has 1 aromatic carbocycles. The maximum atomic E-state index is 5.98. The van der Waals surface area contributed by atoms with Crippen LogP contribution in [0.2, 0.25) is 5.02 Å². The van der Waals surface area contributed by atoms with E-state index in [-0.39, 0.29) is 0 Å². The first-order chi connectivity index (χ1) is 8.15.